The van der Waals surface area contributed by atoms with Crippen molar-refractivity contribution in [1.29, 1.82) is 0 Å². The normalized spacial score (nSPS) is 27.7. The van der Waals surface area contributed by atoms with E-state index in [2.05, 4.69) is 25.9 Å². The lowest BCUT2D eigenvalue weighted by molar-refractivity contribution is -0.122. The maximum atomic E-state index is 12.1. The average Bonchev–Trinajstić information content (AvgIpc) is 2.87. The largest absolute Gasteiger partial charge is 0.274 e. The molecule has 2 atom stereocenters. The fourth-order valence-corrected chi connectivity index (χ4v) is 2.84. The lowest BCUT2D eigenvalue weighted by atomic mass is 10.00. The molecule has 1 aliphatic heterocycles. The number of rotatable bonds is 1. The number of hydrogen-bond acceptors (Lipinski definition) is 4. The maximum absolute atomic E-state index is 12.1. The van der Waals surface area contributed by atoms with E-state index in [-0.39, 0.29) is 23.7 Å². The van der Waals surface area contributed by atoms with Crippen LogP contribution in [0.3, 0.4) is 0 Å². The van der Waals surface area contributed by atoms with Crippen molar-refractivity contribution in [2.45, 2.75) is 19.3 Å². The van der Waals surface area contributed by atoms with Crippen LogP contribution in [0.1, 0.15) is 19.3 Å². The van der Waals surface area contributed by atoms with E-state index in [1.807, 2.05) is 0 Å². The van der Waals surface area contributed by atoms with Crippen LogP contribution in [0, 0.1) is 11.8 Å². The minimum atomic E-state index is -0.132. The molecule has 1 aromatic heterocycles. The molecule has 0 bridgehead atoms. The third-order valence-electron chi connectivity index (χ3n) is 3.43. The molecule has 17 heavy (non-hydrogen) atoms. The summed E-state index contributed by atoms with van der Waals surface area (Å²) < 4.78 is 0.584. The maximum Gasteiger partial charge on any atom is 0.238 e. The third kappa shape index (κ3) is 1.58. The van der Waals surface area contributed by atoms with Crippen molar-refractivity contribution < 1.29 is 9.59 Å². The van der Waals surface area contributed by atoms with Crippen molar-refractivity contribution in [2.75, 3.05) is 4.90 Å². The van der Waals surface area contributed by atoms with Gasteiger partial charge in [0.15, 0.2) is 5.82 Å². The van der Waals surface area contributed by atoms with E-state index in [0.717, 1.165) is 19.3 Å². The number of aromatic nitrogens is 2. The molecule has 1 aliphatic carbocycles. The second kappa shape index (κ2) is 3.87. The lowest BCUT2D eigenvalue weighted by Crippen LogP contribution is -2.32. The Hall–Kier alpha value is -1.30. The molecule has 6 heteroatoms. The number of hydrogen-bond donors (Lipinski definition) is 0. The Bertz CT molecular complexity index is 466. The molecule has 0 aromatic carbocycles. The summed E-state index contributed by atoms with van der Waals surface area (Å²) in [7, 11) is 0. The number of amides is 2. The summed E-state index contributed by atoms with van der Waals surface area (Å²) >= 11 is 3.17. The predicted molar refractivity (Wildman–Crippen MR) is 63.1 cm³/mol. The third-order valence-corrected chi connectivity index (χ3v) is 3.84. The highest BCUT2D eigenvalue weighted by molar-refractivity contribution is 9.10. The molecule has 5 nitrogen and oxygen atoms in total. The summed E-state index contributed by atoms with van der Waals surface area (Å²) in [6.07, 6.45) is 5.53. The molecule has 1 saturated heterocycles. The van der Waals surface area contributed by atoms with E-state index in [1.165, 1.54) is 17.3 Å². The van der Waals surface area contributed by atoms with Gasteiger partial charge in [0, 0.05) is 0 Å². The number of halogens is 1. The monoisotopic (exact) mass is 295 g/mol. The fraction of sp³-hybridized carbons (Fsp3) is 0.455. The highest BCUT2D eigenvalue weighted by atomic mass is 79.9. The summed E-state index contributed by atoms with van der Waals surface area (Å²) in [5.41, 5.74) is 0. The molecule has 0 spiro atoms. The van der Waals surface area contributed by atoms with E-state index in [0.29, 0.717) is 10.4 Å². The highest BCUT2D eigenvalue weighted by Crippen LogP contribution is 2.40. The van der Waals surface area contributed by atoms with Crippen molar-refractivity contribution >= 4 is 33.6 Å². The topological polar surface area (TPSA) is 63.2 Å². The minimum Gasteiger partial charge on any atom is -0.274 e. The second-order valence-electron chi connectivity index (χ2n) is 4.35. The van der Waals surface area contributed by atoms with E-state index in [9.17, 15) is 9.59 Å². The Morgan fingerprint density at radius 2 is 1.76 bits per heavy atom. The molecule has 3 rings (SSSR count). The molecule has 0 N–H and O–H groups in total. The zero-order chi connectivity index (χ0) is 12.0. The van der Waals surface area contributed by atoms with Gasteiger partial charge in [-0.3, -0.25) is 9.59 Å². The predicted octanol–water partition coefficient (Wildman–Crippen LogP) is 1.53. The van der Waals surface area contributed by atoms with Gasteiger partial charge in [0.2, 0.25) is 11.8 Å². The Kier molecular flexibility index (Phi) is 2.47. The summed E-state index contributed by atoms with van der Waals surface area (Å²) in [4.78, 5) is 33.5. The summed E-state index contributed by atoms with van der Waals surface area (Å²) in [6.45, 7) is 0. The second-order valence-corrected chi connectivity index (χ2v) is 5.17. The van der Waals surface area contributed by atoms with E-state index < -0.39 is 0 Å². The molecule has 2 aliphatic rings. The number of nitrogens with zero attached hydrogens (tertiary/aromatic N) is 3. The van der Waals surface area contributed by atoms with Crippen LogP contribution >= 0.6 is 15.9 Å². The molecule has 0 radical (unpaired) electrons. The molecule has 88 valence electrons. The van der Waals surface area contributed by atoms with Gasteiger partial charge in [-0.1, -0.05) is 6.42 Å². The first-order valence-corrected chi connectivity index (χ1v) is 6.33. The molecule has 2 heterocycles. The molecular formula is C11H10BrN3O2. The van der Waals surface area contributed by atoms with Gasteiger partial charge in [-0.2, -0.15) is 0 Å². The average molecular weight is 296 g/mol. The van der Waals surface area contributed by atoms with Crippen molar-refractivity contribution in [3.63, 3.8) is 0 Å². The van der Waals surface area contributed by atoms with E-state index in [1.54, 1.807) is 0 Å². The molecular weight excluding hydrogens is 286 g/mol. The SMILES string of the molecule is O=C1C2CCCC2C(=O)N1c1cnc(Br)cn1. The Morgan fingerprint density at radius 1 is 1.12 bits per heavy atom. The van der Waals surface area contributed by atoms with Gasteiger partial charge in [0.1, 0.15) is 4.60 Å². The van der Waals surface area contributed by atoms with Gasteiger partial charge < -0.3 is 0 Å². The van der Waals surface area contributed by atoms with E-state index in [4.69, 9.17) is 0 Å². The number of carbonyl (C=O) groups excluding carboxylic acids is 2. The van der Waals surface area contributed by atoms with E-state index >= 15 is 0 Å². The molecule has 2 fully saturated rings. The van der Waals surface area contributed by atoms with Crippen LogP contribution in [0.25, 0.3) is 0 Å². The van der Waals surface area contributed by atoms with Crippen molar-refractivity contribution in [3.8, 4) is 0 Å². The Labute approximate surface area is 106 Å². The van der Waals surface area contributed by atoms with Crippen LogP contribution in [-0.2, 0) is 9.59 Å². The zero-order valence-electron chi connectivity index (χ0n) is 8.97. The summed E-state index contributed by atoms with van der Waals surface area (Å²) in [5, 5.41) is 0. The Balaban J connectivity index is 1.96. The van der Waals surface area contributed by atoms with Gasteiger partial charge in [0.25, 0.3) is 0 Å². The van der Waals surface area contributed by atoms with Crippen molar-refractivity contribution in [2.24, 2.45) is 11.8 Å². The lowest BCUT2D eigenvalue weighted by Gasteiger charge is -2.13. The van der Waals surface area contributed by atoms with Crippen LogP contribution in [0.2, 0.25) is 0 Å². The summed E-state index contributed by atoms with van der Waals surface area (Å²) in [6, 6.07) is 0. The van der Waals surface area contributed by atoms with Crippen LogP contribution in [-0.4, -0.2) is 21.8 Å². The number of imide groups is 1. The van der Waals surface area contributed by atoms with Crippen LogP contribution in [0.15, 0.2) is 17.0 Å². The minimum absolute atomic E-state index is 0.117. The van der Waals surface area contributed by atoms with Crippen molar-refractivity contribution in [3.05, 3.63) is 17.0 Å². The highest BCUT2D eigenvalue weighted by Gasteiger charge is 2.50. The number of anilines is 1. The smallest absolute Gasteiger partial charge is 0.238 e. The molecule has 1 aromatic rings. The van der Waals surface area contributed by atoms with Crippen LogP contribution in [0.4, 0.5) is 5.82 Å². The van der Waals surface area contributed by atoms with Crippen LogP contribution < -0.4 is 4.90 Å². The Morgan fingerprint density at radius 3 is 2.29 bits per heavy atom. The van der Waals surface area contributed by atoms with Crippen molar-refractivity contribution in [1.82, 2.24) is 9.97 Å². The van der Waals surface area contributed by atoms with Crippen LogP contribution in [0.5, 0.6) is 0 Å². The first kappa shape index (κ1) is 10.8. The first-order chi connectivity index (χ1) is 8.18. The molecule has 2 unspecified atom stereocenters. The van der Waals surface area contributed by atoms with Gasteiger partial charge in [0.05, 0.1) is 24.2 Å². The van der Waals surface area contributed by atoms with Gasteiger partial charge in [-0.05, 0) is 28.8 Å². The standard InChI is InChI=1S/C11H10BrN3O2/c12-8-4-14-9(5-13-8)15-10(16)6-2-1-3-7(6)11(15)17/h4-7H,1-3H2. The quantitative estimate of drug-likeness (QED) is 0.737. The van der Waals surface area contributed by atoms with Gasteiger partial charge >= 0.3 is 0 Å². The fourth-order valence-electron chi connectivity index (χ4n) is 2.64. The first-order valence-electron chi connectivity index (χ1n) is 5.54. The zero-order valence-corrected chi connectivity index (χ0v) is 10.6. The van der Waals surface area contributed by atoms with Gasteiger partial charge in [-0.15, -0.1) is 0 Å². The molecule has 1 saturated carbocycles. The van der Waals surface area contributed by atoms with Gasteiger partial charge in [-0.25, -0.2) is 14.9 Å². The summed E-state index contributed by atoms with van der Waals surface area (Å²) in [5.74, 6) is -0.165. The number of fused-ring (bicyclic) bond motifs is 1. The molecule has 2 amide bonds. The number of carbonyl (C=O) groups is 2.